The number of hydrogen-bond donors (Lipinski definition) is 3. The second kappa shape index (κ2) is 16.1. The Labute approximate surface area is 291 Å². The SMILES string of the molecule is CN(C)c1ccc(/C=C(/NC(=O)c2ccccc2)C(=O)Nc2cccc(SC(C(=O)Nc3ccc(Br)cc3F)c3ccccc3)c2)cc1. The smallest absolute Gasteiger partial charge is 0.272 e. The van der Waals surface area contributed by atoms with Gasteiger partial charge in [0.15, 0.2) is 0 Å². The number of halogens is 2. The Morgan fingerprint density at radius 3 is 2.15 bits per heavy atom. The lowest BCUT2D eigenvalue weighted by molar-refractivity contribution is -0.116. The van der Waals surface area contributed by atoms with Gasteiger partial charge in [0.25, 0.3) is 11.8 Å². The summed E-state index contributed by atoms with van der Waals surface area (Å²) in [6, 6.07) is 36.9. The van der Waals surface area contributed by atoms with Crippen molar-refractivity contribution in [2.45, 2.75) is 10.1 Å². The molecule has 0 heterocycles. The van der Waals surface area contributed by atoms with E-state index >= 15 is 0 Å². The number of amides is 3. The van der Waals surface area contributed by atoms with Gasteiger partial charge in [-0.1, -0.05) is 82.7 Å². The van der Waals surface area contributed by atoms with E-state index in [2.05, 4.69) is 31.9 Å². The number of benzene rings is 5. The van der Waals surface area contributed by atoms with Crippen LogP contribution in [-0.4, -0.2) is 31.8 Å². The molecule has 0 aliphatic heterocycles. The fourth-order valence-electron chi connectivity index (χ4n) is 4.65. The Hall–Kier alpha value is -5.19. The van der Waals surface area contributed by atoms with Gasteiger partial charge >= 0.3 is 0 Å². The molecule has 7 nitrogen and oxygen atoms in total. The molecule has 5 rings (SSSR count). The van der Waals surface area contributed by atoms with Gasteiger partial charge in [-0.05, 0) is 77.9 Å². The summed E-state index contributed by atoms with van der Waals surface area (Å²) in [6.07, 6.45) is 1.62. The maximum atomic E-state index is 14.6. The first-order chi connectivity index (χ1) is 23.2. The summed E-state index contributed by atoms with van der Waals surface area (Å²) in [5.74, 6) is -1.92. The first kappa shape index (κ1) is 34.2. The molecular weight excluding hydrogens is 691 g/mol. The molecule has 0 radical (unpaired) electrons. The van der Waals surface area contributed by atoms with E-state index in [1.807, 2.05) is 85.7 Å². The van der Waals surface area contributed by atoms with Crippen LogP contribution in [0.3, 0.4) is 0 Å². The van der Waals surface area contributed by atoms with Crippen molar-refractivity contribution >= 4 is 68.6 Å². The van der Waals surface area contributed by atoms with Crippen LogP contribution >= 0.6 is 27.7 Å². The average Bonchev–Trinajstić information content (AvgIpc) is 3.09. The number of hydrogen-bond acceptors (Lipinski definition) is 5. The molecular formula is C38H32BrFN4O3S. The van der Waals surface area contributed by atoms with E-state index in [1.54, 1.807) is 54.6 Å². The molecule has 0 spiro atoms. The molecule has 0 saturated carbocycles. The highest BCUT2D eigenvalue weighted by molar-refractivity contribution is 9.10. The van der Waals surface area contributed by atoms with Gasteiger partial charge < -0.3 is 20.9 Å². The first-order valence-corrected chi connectivity index (χ1v) is 16.6. The molecule has 1 unspecified atom stereocenters. The van der Waals surface area contributed by atoms with E-state index < -0.39 is 28.8 Å². The van der Waals surface area contributed by atoms with E-state index in [0.29, 0.717) is 20.6 Å². The number of thioether (sulfide) groups is 1. The molecule has 0 saturated heterocycles. The third-order valence-electron chi connectivity index (χ3n) is 7.12. The van der Waals surface area contributed by atoms with Crippen molar-refractivity contribution in [2.75, 3.05) is 29.6 Å². The number of carbonyl (C=O) groups excluding carboxylic acids is 3. The standard InChI is InChI=1S/C38H32BrFN4O3S/c1-44(2)30-19-16-25(17-20-30)22-34(43-36(45)27-12-7-4-8-13-27)37(46)41-29-14-9-15-31(24-29)48-35(26-10-5-3-6-11-26)38(47)42-33-21-18-28(39)23-32(33)40/h3-24,35H,1-2H3,(H,41,46)(H,42,47)(H,43,45)/b34-22+. The first-order valence-electron chi connectivity index (χ1n) is 14.9. The largest absolute Gasteiger partial charge is 0.378 e. The minimum absolute atomic E-state index is 0.0533. The molecule has 5 aromatic rings. The third-order valence-corrected chi connectivity index (χ3v) is 8.87. The quantitative estimate of drug-likeness (QED) is 0.0940. The Kier molecular flexibility index (Phi) is 11.4. The van der Waals surface area contributed by atoms with E-state index in [4.69, 9.17) is 0 Å². The topological polar surface area (TPSA) is 90.5 Å². The second-order valence-corrected chi connectivity index (χ2v) is 13.0. The summed E-state index contributed by atoms with van der Waals surface area (Å²) in [5.41, 5.74) is 3.43. The van der Waals surface area contributed by atoms with Gasteiger partial charge in [-0.15, -0.1) is 11.8 Å². The van der Waals surface area contributed by atoms with Crippen LogP contribution in [0, 0.1) is 5.82 Å². The highest BCUT2D eigenvalue weighted by Crippen LogP contribution is 2.37. The van der Waals surface area contributed by atoms with Gasteiger partial charge in [0.1, 0.15) is 16.8 Å². The van der Waals surface area contributed by atoms with Crippen molar-refractivity contribution in [3.8, 4) is 0 Å². The number of carbonyl (C=O) groups is 3. The van der Waals surface area contributed by atoms with Crippen LogP contribution in [0.1, 0.15) is 26.7 Å². The van der Waals surface area contributed by atoms with Crippen molar-refractivity contribution in [3.63, 3.8) is 0 Å². The highest BCUT2D eigenvalue weighted by Gasteiger charge is 2.24. The zero-order chi connectivity index (χ0) is 34.0. The molecule has 3 amide bonds. The molecule has 0 aliphatic carbocycles. The predicted octanol–water partition coefficient (Wildman–Crippen LogP) is 8.54. The van der Waals surface area contributed by atoms with E-state index in [-0.39, 0.29) is 11.4 Å². The van der Waals surface area contributed by atoms with E-state index in [0.717, 1.165) is 16.8 Å². The van der Waals surface area contributed by atoms with Crippen LogP contribution in [0.15, 0.2) is 142 Å². The van der Waals surface area contributed by atoms with Crippen molar-refractivity contribution < 1.29 is 18.8 Å². The van der Waals surface area contributed by atoms with Crippen LogP contribution in [-0.2, 0) is 9.59 Å². The maximum absolute atomic E-state index is 14.6. The van der Waals surface area contributed by atoms with Crippen molar-refractivity contribution in [2.24, 2.45) is 0 Å². The molecule has 48 heavy (non-hydrogen) atoms. The predicted molar refractivity (Wildman–Crippen MR) is 195 cm³/mol. The maximum Gasteiger partial charge on any atom is 0.272 e. The minimum Gasteiger partial charge on any atom is -0.378 e. The number of rotatable bonds is 11. The minimum atomic E-state index is -0.731. The van der Waals surface area contributed by atoms with Gasteiger partial charge in [0, 0.05) is 40.4 Å². The molecule has 0 aliphatic rings. The Morgan fingerprint density at radius 1 is 0.792 bits per heavy atom. The zero-order valence-corrected chi connectivity index (χ0v) is 28.5. The van der Waals surface area contributed by atoms with Gasteiger partial charge in [0.2, 0.25) is 5.91 Å². The molecule has 5 aromatic carbocycles. The number of anilines is 3. The summed E-state index contributed by atoms with van der Waals surface area (Å²) in [5, 5.41) is 7.62. The lowest BCUT2D eigenvalue weighted by Crippen LogP contribution is -2.30. The van der Waals surface area contributed by atoms with E-state index in [1.165, 1.54) is 23.9 Å². The van der Waals surface area contributed by atoms with Crippen molar-refractivity contribution in [1.29, 1.82) is 0 Å². The Bertz CT molecular complexity index is 1940. The molecule has 0 fully saturated rings. The fraction of sp³-hybridized carbons (Fsp3) is 0.0789. The lowest BCUT2D eigenvalue weighted by atomic mass is 10.1. The molecule has 0 aromatic heterocycles. The summed E-state index contributed by atoms with van der Waals surface area (Å²) < 4.78 is 15.1. The summed E-state index contributed by atoms with van der Waals surface area (Å²) >= 11 is 4.50. The van der Waals surface area contributed by atoms with Crippen LogP contribution < -0.4 is 20.9 Å². The fourth-order valence-corrected chi connectivity index (χ4v) is 6.07. The zero-order valence-electron chi connectivity index (χ0n) is 26.1. The van der Waals surface area contributed by atoms with Crippen LogP contribution in [0.5, 0.6) is 0 Å². The normalized spacial score (nSPS) is 11.7. The number of nitrogens with one attached hydrogen (secondary N) is 3. The molecule has 3 N–H and O–H groups in total. The lowest BCUT2D eigenvalue weighted by Gasteiger charge is -2.18. The number of nitrogens with zero attached hydrogens (tertiary/aromatic N) is 1. The summed E-state index contributed by atoms with van der Waals surface area (Å²) in [6.45, 7) is 0. The second-order valence-electron chi connectivity index (χ2n) is 10.9. The average molecular weight is 724 g/mol. The van der Waals surface area contributed by atoms with E-state index in [9.17, 15) is 18.8 Å². The highest BCUT2D eigenvalue weighted by atomic mass is 79.9. The van der Waals surface area contributed by atoms with Crippen molar-refractivity contribution in [1.82, 2.24) is 5.32 Å². The monoisotopic (exact) mass is 722 g/mol. The van der Waals surface area contributed by atoms with Crippen LogP contribution in [0.4, 0.5) is 21.5 Å². The Balaban J connectivity index is 1.38. The molecule has 0 bridgehead atoms. The molecule has 1 atom stereocenters. The summed E-state index contributed by atoms with van der Waals surface area (Å²) in [7, 11) is 3.87. The summed E-state index contributed by atoms with van der Waals surface area (Å²) in [4.78, 5) is 42.9. The Morgan fingerprint density at radius 2 is 1.48 bits per heavy atom. The molecule has 242 valence electrons. The van der Waals surface area contributed by atoms with Crippen LogP contribution in [0.25, 0.3) is 6.08 Å². The molecule has 10 heteroatoms. The van der Waals surface area contributed by atoms with Gasteiger partial charge in [0.05, 0.1) is 5.69 Å². The van der Waals surface area contributed by atoms with Gasteiger partial charge in [-0.25, -0.2) is 4.39 Å². The third kappa shape index (κ3) is 9.21. The van der Waals surface area contributed by atoms with Crippen LogP contribution in [0.2, 0.25) is 0 Å². The van der Waals surface area contributed by atoms with Crippen molar-refractivity contribution in [3.05, 3.63) is 160 Å². The van der Waals surface area contributed by atoms with Gasteiger partial charge in [-0.3, -0.25) is 14.4 Å². The van der Waals surface area contributed by atoms with Gasteiger partial charge in [-0.2, -0.15) is 0 Å².